The molecule has 3 rings (SSSR count). The normalized spacial score (nSPS) is 15.0. The average Bonchev–Trinajstić information content (AvgIpc) is 2.54. The quantitative estimate of drug-likeness (QED) is 0.887. The summed E-state index contributed by atoms with van der Waals surface area (Å²) in [5, 5.41) is 3.42. The van der Waals surface area contributed by atoms with Crippen molar-refractivity contribution >= 4 is 27.4 Å². The summed E-state index contributed by atoms with van der Waals surface area (Å²) in [5.41, 5.74) is 2.32. The Hall–Kier alpha value is -1.55. The highest BCUT2D eigenvalue weighted by atomic mass is 79.9. The number of benzene rings is 1. The Morgan fingerprint density at radius 2 is 1.95 bits per heavy atom. The first kappa shape index (κ1) is 14.4. The van der Waals surface area contributed by atoms with E-state index < -0.39 is 0 Å². The molecule has 0 spiro atoms. The second-order valence-electron chi connectivity index (χ2n) is 5.44. The Labute approximate surface area is 134 Å². The second-order valence-corrected chi connectivity index (χ2v) is 6.35. The molecule has 4 heteroatoms. The lowest BCUT2D eigenvalue weighted by Crippen LogP contribution is -2.30. The largest absolute Gasteiger partial charge is 0.380 e. The predicted octanol–water partition coefficient (Wildman–Crippen LogP) is 4.45. The number of hydrogen-bond acceptors (Lipinski definition) is 3. The monoisotopic (exact) mass is 345 g/mol. The van der Waals surface area contributed by atoms with Gasteiger partial charge in [0.25, 0.3) is 0 Å². The van der Waals surface area contributed by atoms with E-state index in [1.807, 2.05) is 12.3 Å². The maximum atomic E-state index is 4.59. The van der Waals surface area contributed by atoms with Crippen LogP contribution in [0.15, 0.2) is 47.1 Å². The summed E-state index contributed by atoms with van der Waals surface area (Å²) >= 11 is 3.50. The van der Waals surface area contributed by atoms with Gasteiger partial charge in [-0.15, -0.1) is 0 Å². The van der Waals surface area contributed by atoms with Gasteiger partial charge in [-0.1, -0.05) is 28.1 Å². The van der Waals surface area contributed by atoms with E-state index in [0.29, 0.717) is 0 Å². The van der Waals surface area contributed by atoms with Gasteiger partial charge in [0.2, 0.25) is 0 Å². The Morgan fingerprint density at radius 3 is 2.67 bits per heavy atom. The number of halogens is 1. The van der Waals surface area contributed by atoms with Crippen LogP contribution < -0.4 is 10.2 Å². The van der Waals surface area contributed by atoms with Gasteiger partial charge >= 0.3 is 0 Å². The van der Waals surface area contributed by atoms with Gasteiger partial charge < -0.3 is 10.2 Å². The minimum absolute atomic E-state index is 0.810. The lowest BCUT2D eigenvalue weighted by atomic mass is 10.1. The summed E-state index contributed by atoms with van der Waals surface area (Å²) in [6, 6.07) is 12.6. The molecule has 1 saturated heterocycles. The smallest absolute Gasteiger partial charge is 0.128 e. The van der Waals surface area contributed by atoms with Crippen LogP contribution in [0.1, 0.15) is 24.8 Å². The maximum absolute atomic E-state index is 4.59. The van der Waals surface area contributed by atoms with Gasteiger partial charge in [-0.3, -0.25) is 0 Å². The first-order valence-electron chi connectivity index (χ1n) is 7.50. The fourth-order valence-corrected chi connectivity index (χ4v) is 3.10. The van der Waals surface area contributed by atoms with Crippen LogP contribution in [0, 0.1) is 0 Å². The topological polar surface area (TPSA) is 28.2 Å². The molecule has 2 heterocycles. The average molecular weight is 346 g/mol. The third kappa shape index (κ3) is 3.97. The number of nitrogens with one attached hydrogen (secondary N) is 1. The van der Waals surface area contributed by atoms with Crippen molar-refractivity contribution in [2.75, 3.05) is 23.3 Å². The zero-order chi connectivity index (χ0) is 14.5. The van der Waals surface area contributed by atoms with Gasteiger partial charge in [0, 0.05) is 24.1 Å². The first-order valence-corrected chi connectivity index (χ1v) is 8.30. The molecule has 21 heavy (non-hydrogen) atoms. The SMILES string of the molecule is Brc1cccc(CNc2ccc(N3CCCCC3)nc2)c1. The van der Waals surface area contributed by atoms with Crippen LogP contribution in [-0.2, 0) is 6.54 Å². The lowest BCUT2D eigenvalue weighted by Gasteiger charge is -2.27. The molecule has 0 amide bonds. The van der Waals surface area contributed by atoms with Crippen molar-refractivity contribution in [1.82, 2.24) is 4.98 Å². The van der Waals surface area contributed by atoms with Gasteiger partial charge in [-0.2, -0.15) is 0 Å². The lowest BCUT2D eigenvalue weighted by molar-refractivity contribution is 0.573. The Bertz CT molecular complexity index is 577. The van der Waals surface area contributed by atoms with Crippen LogP contribution in [-0.4, -0.2) is 18.1 Å². The molecule has 0 atom stereocenters. The number of nitrogens with zero attached hydrogens (tertiary/aromatic N) is 2. The Kier molecular flexibility index (Phi) is 4.76. The minimum atomic E-state index is 0.810. The van der Waals surface area contributed by atoms with Crippen molar-refractivity contribution in [3.8, 4) is 0 Å². The van der Waals surface area contributed by atoms with Crippen molar-refractivity contribution in [1.29, 1.82) is 0 Å². The van der Waals surface area contributed by atoms with Crippen LogP contribution in [0.25, 0.3) is 0 Å². The van der Waals surface area contributed by atoms with Crippen molar-refractivity contribution in [2.24, 2.45) is 0 Å². The summed E-state index contributed by atoms with van der Waals surface area (Å²) in [6.45, 7) is 3.08. The summed E-state index contributed by atoms with van der Waals surface area (Å²) in [6.07, 6.45) is 5.85. The molecule has 110 valence electrons. The molecular weight excluding hydrogens is 326 g/mol. The molecule has 1 aliphatic heterocycles. The van der Waals surface area contributed by atoms with Crippen LogP contribution in [0.2, 0.25) is 0 Å². The molecule has 0 unspecified atom stereocenters. The van der Waals surface area contributed by atoms with Gasteiger partial charge in [0.05, 0.1) is 11.9 Å². The van der Waals surface area contributed by atoms with Crippen LogP contribution in [0.4, 0.5) is 11.5 Å². The van der Waals surface area contributed by atoms with E-state index in [1.165, 1.54) is 24.8 Å². The molecule has 1 aromatic carbocycles. The van der Waals surface area contributed by atoms with Crippen LogP contribution >= 0.6 is 15.9 Å². The van der Waals surface area contributed by atoms with E-state index in [0.717, 1.165) is 35.6 Å². The summed E-state index contributed by atoms with van der Waals surface area (Å²) < 4.78 is 1.11. The van der Waals surface area contributed by atoms with Gasteiger partial charge in [-0.05, 0) is 49.1 Å². The molecule has 2 aromatic rings. The molecular formula is C17H20BrN3. The zero-order valence-electron chi connectivity index (χ0n) is 12.1. The molecule has 0 bridgehead atoms. The van der Waals surface area contributed by atoms with E-state index in [2.05, 4.69) is 61.5 Å². The summed E-state index contributed by atoms with van der Waals surface area (Å²) in [5.74, 6) is 1.10. The number of hydrogen-bond donors (Lipinski definition) is 1. The predicted molar refractivity (Wildman–Crippen MR) is 91.8 cm³/mol. The first-order chi connectivity index (χ1) is 10.3. The van der Waals surface area contributed by atoms with Crippen molar-refractivity contribution in [3.05, 3.63) is 52.6 Å². The summed E-state index contributed by atoms with van der Waals surface area (Å²) in [4.78, 5) is 6.96. The highest BCUT2D eigenvalue weighted by Gasteiger charge is 2.11. The van der Waals surface area contributed by atoms with Gasteiger partial charge in [0.15, 0.2) is 0 Å². The van der Waals surface area contributed by atoms with E-state index in [9.17, 15) is 0 Å². The number of anilines is 2. The Morgan fingerprint density at radius 1 is 1.10 bits per heavy atom. The highest BCUT2D eigenvalue weighted by molar-refractivity contribution is 9.10. The third-order valence-electron chi connectivity index (χ3n) is 3.81. The maximum Gasteiger partial charge on any atom is 0.128 e. The van der Waals surface area contributed by atoms with Gasteiger partial charge in [-0.25, -0.2) is 4.98 Å². The fraction of sp³-hybridized carbons (Fsp3) is 0.353. The molecule has 0 aliphatic carbocycles. The van der Waals surface area contributed by atoms with E-state index in [1.54, 1.807) is 0 Å². The van der Waals surface area contributed by atoms with Gasteiger partial charge in [0.1, 0.15) is 5.82 Å². The molecule has 1 N–H and O–H groups in total. The molecule has 0 radical (unpaired) electrons. The number of rotatable bonds is 4. The van der Waals surface area contributed by atoms with Crippen LogP contribution in [0.3, 0.4) is 0 Å². The molecule has 1 aromatic heterocycles. The van der Waals surface area contributed by atoms with Crippen molar-refractivity contribution < 1.29 is 0 Å². The third-order valence-corrected chi connectivity index (χ3v) is 4.31. The Balaban J connectivity index is 1.59. The van der Waals surface area contributed by atoms with E-state index >= 15 is 0 Å². The number of pyridine rings is 1. The highest BCUT2D eigenvalue weighted by Crippen LogP contribution is 2.19. The summed E-state index contributed by atoms with van der Waals surface area (Å²) in [7, 11) is 0. The van der Waals surface area contributed by atoms with Crippen molar-refractivity contribution in [2.45, 2.75) is 25.8 Å². The molecule has 0 saturated carbocycles. The fourth-order valence-electron chi connectivity index (χ4n) is 2.65. The van der Waals surface area contributed by atoms with E-state index in [-0.39, 0.29) is 0 Å². The minimum Gasteiger partial charge on any atom is -0.380 e. The number of aromatic nitrogens is 1. The second kappa shape index (κ2) is 6.94. The van der Waals surface area contributed by atoms with E-state index in [4.69, 9.17) is 0 Å². The van der Waals surface area contributed by atoms with Crippen molar-refractivity contribution in [3.63, 3.8) is 0 Å². The molecule has 1 fully saturated rings. The zero-order valence-corrected chi connectivity index (χ0v) is 13.6. The number of piperidine rings is 1. The molecule has 1 aliphatic rings. The molecule has 3 nitrogen and oxygen atoms in total. The standard InChI is InChI=1S/C17H20BrN3/c18-15-6-4-5-14(11-15)12-19-16-7-8-17(20-13-16)21-9-2-1-3-10-21/h4-8,11,13,19H,1-3,9-10,12H2. The van der Waals surface area contributed by atoms with Crippen LogP contribution in [0.5, 0.6) is 0 Å².